The Kier molecular flexibility index (Phi) is 6.77. The Morgan fingerprint density at radius 2 is 1.89 bits per heavy atom. The third kappa shape index (κ3) is 5.60. The molecule has 150 valence electrons. The molecule has 1 aliphatic rings. The minimum Gasteiger partial charge on any atom is -0.486 e. The van der Waals surface area contributed by atoms with Crippen LogP contribution in [0.15, 0.2) is 47.4 Å². The topological polar surface area (TPSA) is 90.9 Å². The molecule has 1 aliphatic heterocycles. The van der Waals surface area contributed by atoms with Crippen molar-refractivity contribution in [3.63, 3.8) is 0 Å². The summed E-state index contributed by atoms with van der Waals surface area (Å²) in [4.78, 5) is 11.9. The van der Waals surface area contributed by atoms with Crippen LogP contribution in [0.2, 0.25) is 5.02 Å². The van der Waals surface area contributed by atoms with Gasteiger partial charge in [0.25, 0.3) is 0 Å². The molecule has 28 heavy (non-hydrogen) atoms. The molecule has 0 amide bonds. The summed E-state index contributed by atoms with van der Waals surface area (Å²) in [6.07, 6.45) is 0.419. The van der Waals surface area contributed by atoms with Crippen molar-refractivity contribution < 1.29 is 27.4 Å². The SMILES string of the molecule is O=C(CCCNS(=O)(=O)c1ccc2c(c1)OCCO2)OCc1cccc(Cl)c1. The minimum absolute atomic E-state index is 0.0836. The number of sulfonamides is 1. The number of rotatable bonds is 8. The summed E-state index contributed by atoms with van der Waals surface area (Å²) in [6.45, 7) is 1.05. The van der Waals surface area contributed by atoms with Crippen molar-refractivity contribution in [1.29, 1.82) is 0 Å². The van der Waals surface area contributed by atoms with E-state index in [2.05, 4.69) is 4.72 Å². The zero-order valence-corrected chi connectivity index (χ0v) is 16.6. The highest BCUT2D eigenvalue weighted by Crippen LogP contribution is 2.32. The molecule has 0 aromatic heterocycles. The lowest BCUT2D eigenvalue weighted by Crippen LogP contribution is -2.25. The fourth-order valence-corrected chi connectivity index (χ4v) is 3.88. The number of esters is 1. The fourth-order valence-electron chi connectivity index (χ4n) is 2.58. The highest BCUT2D eigenvalue weighted by Gasteiger charge is 2.19. The predicted molar refractivity (Wildman–Crippen MR) is 103 cm³/mol. The summed E-state index contributed by atoms with van der Waals surface area (Å²) in [7, 11) is -3.70. The number of ether oxygens (including phenoxy) is 3. The quantitative estimate of drug-likeness (QED) is 0.516. The highest BCUT2D eigenvalue weighted by molar-refractivity contribution is 7.89. The van der Waals surface area contributed by atoms with Gasteiger partial charge in [0.1, 0.15) is 19.8 Å². The Labute approximate surface area is 168 Å². The van der Waals surface area contributed by atoms with Gasteiger partial charge in [-0.2, -0.15) is 0 Å². The Balaban J connectivity index is 1.43. The van der Waals surface area contributed by atoms with E-state index in [1.165, 1.54) is 12.1 Å². The Hall–Kier alpha value is -2.29. The first-order valence-electron chi connectivity index (χ1n) is 8.73. The van der Waals surface area contributed by atoms with Crippen molar-refractivity contribution in [1.82, 2.24) is 4.72 Å². The lowest BCUT2D eigenvalue weighted by Gasteiger charge is -2.18. The summed E-state index contributed by atoms with van der Waals surface area (Å²) < 4.78 is 43.1. The van der Waals surface area contributed by atoms with Crippen molar-refractivity contribution in [2.75, 3.05) is 19.8 Å². The standard InChI is InChI=1S/C19H20ClNO6S/c20-15-4-1-3-14(11-15)13-27-19(22)5-2-8-21-28(23,24)16-6-7-17-18(12-16)26-10-9-25-17/h1,3-4,6-7,11-12,21H,2,5,8-10,13H2. The molecule has 2 aromatic rings. The van der Waals surface area contributed by atoms with Crippen molar-refractivity contribution in [2.45, 2.75) is 24.3 Å². The molecule has 0 atom stereocenters. The van der Waals surface area contributed by atoms with Crippen LogP contribution in [-0.2, 0) is 26.2 Å². The molecular formula is C19H20ClNO6S. The second-order valence-electron chi connectivity index (χ2n) is 6.10. The lowest BCUT2D eigenvalue weighted by atomic mass is 10.2. The Morgan fingerprint density at radius 1 is 1.11 bits per heavy atom. The normalized spacial score (nSPS) is 13.2. The number of hydrogen-bond donors (Lipinski definition) is 1. The molecule has 7 nitrogen and oxygen atoms in total. The van der Waals surface area contributed by atoms with Gasteiger partial charge in [0, 0.05) is 24.1 Å². The number of fused-ring (bicyclic) bond motifs is 1. The average molecular weight is 426 g/mol. The molecule has 0 aliphatic carbocycles. The molecule has 0 spiro atoms. The van der Waals surface area contributed by atoms with E-state index in [9.17, 15) is 13.2 Å². The van der Waals surface area contributed by atoms with Crippen LogP contribution < -0.4 is 14.2 Å². The van der Waals surface area contributed by atoms with Crippen LogP contribution >= 0.6 is 11.6 Å². The van der Waals surface area contributed by atoms with Crippen LogP contribution in [0.1, 0.15) is 18.4 Å². The van der Waals surface area contributed by atoms with Crippen molar-refractivity contribution >= 4 is 27.6 Å². The van der Waals surface area contributed by atoms with Gasteiger partial charge in [-0.25, -0.2) is 13.1 Å². The van der Waals surface area contributed by atoms with Crippen molar-refractivity contribution in [2.24, 2.45) is 0 Å². The molecule has 9 heteroatoms. The molecule has 0 fully saturated rings. The number of benzene rings is 2. The molecule has 0 saturated heterocycles. The maximum Gasteiger partial charge on any atom is 0.306 e. The zero-order valence-electron chi connectivity index (χ0n) is 15.0. The van der Waals surface area contributed by atoms with Gasteiger partial charge in [-0.3, -0.25) is 4.79 Å². The smallest absolute Gasteiger partial charge is 0.306 e. The second kappa shape index (κ2) is 9.27. The van der Waals surface area contributed by atoms with E-state index in [-0.39, 0.29) is 24.5 Å². The van der Waals surface area contributed by atoms with Gasteiger partial charge in [0.15, 0.2) is 11.5 Å². The summed E-state index contributed by atoms with van der Waals surface area (Å²) in [6, 6.07) is 11.5. The molecule has 0 saturated carbocycles. The lowest BCUT2D eigenvalue weighted by molar-refractivity contribution is -0.145. The molecule has 0 unspecified atom stereocenters. The van der Waals surface area contributed by atoms with E-state index >= 15 is 0 Å². The monoisotopic (exact) mass is 425 g/mol. The molecule has 3 rings (SSSR count). The number of carbonyl (C=O) groups is 1. The fraction of sp³-hybridized carbons (Fsp3) is 0.316. The molecular weight excluding hydrogens is 406 g/mol. The molecule has 2 aromatic carbocycles. The van der Waals surface area contributed by atoms with Crippen LogP contribution in [0.5, 0.6) is 11.5 Å². The van der Waals surface area contributed by atoms with E-state index in [1.54, 1.807) is 30.3 Å². The first kappa shape index (κ1) is 20.4. The van der Waals surface area contributed by atoms with E-state index in [0.29, 0.717) is 36.2 Å². The second-order valence-corrected chi connectivity index (χ2v) is 8.30. The predicted octanol–water partition coefficient (Wildman–Crippen LogP) is 2.91. The Morgan fingerprint density at radius 3 is 2.68 bits per heavy atom. The van der Waals surface area contributed by atoms with E-state index in [1.807, 2.05) is 0 Å². The van der Waals surface area contributed by atoms with Gasteiger partial charge in [-0.05, 0) is 36.2 Å². The van der Waals surface area contributed by atoms with Gasteiger partial charge in [-0.15, -0.1) is 0 Å². The molecule has 0 bridgehead atoms. The highest BCUT2D eigenvalue weighted by atomic mass is 35.5. The van der Waals surface area contributed by atoms with Crippen molar-refractivity contribution in [3.8, 4) is 11.5 Å². The molecule has 1 N–H and O–H groups in total. The largest absolute Gasteiger partial charge is 0.486 e. The number of hydrogen-bond acceptors (Lipinski definition) is 6. The van der Waals surface area contributed by atoms with Gasteiger partial charge < -0.3 is 14.2 Å². The maximum absolute atomic E-state index is 12.4. The van der Waals surface area contributed by atoms with Crippen molar-refractivity contribution in [3.05, 3.63) is 53.1 Å². The van der Waals surface area contributed by atoms with Crippen LogP contribution in [-0.4, -0.2) is 34.1 Å². The third-order valence-corrected chi connectivity index (χ3v) is 5.66. The molecule has 1 heterocycles. The number of carbonyl (C=O) groups excluding carboxylic acids is 1. The maximum atomic E-state index is 12.4. The van der Waals surface area contributed by atoms with Crippen LogP contribution in [0.3, 0.4) is 0 Å². The first-order valence-corrected chi connectivity index (χ1v) is 10.6. The zero-order chi connectivity index (χ0) is 20.0. The van der Waals surface area contributed by atoms with Gasteiger partial charge in [0.2, 0.25) is 10.0 Å². The minimum atomic E-state index is -3.70. The van der Waals surface area contributed by atoms with Crippen LogP contribution in [0.4, 0.5) is 0 Å². The first-order chi connectivity index (χ1) is 13.4. The van der Waals surface area contributed by atoms with Gasteiger partial charge >= 0.3 is 5.97 Å². The van der Waals surface area contributed by atoms with E-state index in [0.717, 1.165) is 5.56 Å². The third-order valence-electron chi connectivity index (χ3n) is 3.96. The summed E-state index contributed by atoms with van der Waals surface area (Å²) in [5.41, 5.74) is 0.792. The molecule has 0 radical (unpaired) electrons. The average Bonchev–Trinajstić information content (AvgIpc) is 2.69. The van der Waals surface area contributed by atoms with Crippen LogP contribution in [0, 0.1) is 0 Å². The van der Waals surface area contributed by atoms with Gasteiger partial charge in [-0.1, -0.05) is 23.7 Å². The number of halogens is 1. The Bertz CT molecular complexity index is 947. The van der Waals surface area contributed by atoms with Crippen LogP contribution in [0.25, 0.3) is 0 Å². The van der Waals surface area contributed by atoms with Gasteiger partial charge in [0.05, 0.1) is 4.90 Å². The van der Waals surface area contributed by atoms with E-state index in [4.69, 9.17) is 25.8 Å². The summed E-state index contributed by atoms with van der Waals surface area (Å²) in [5, 5.41) is 0.571. The summed E-state index contributed by atoms with van der Waals surface area (Å²) in [5.74, 6) is 0.518. The summed E-state index contributed by atoms with van der Waals surface area (Å²) >= 11 is 5.87. The number of nitrogens with one attached hydrogen (secondary N) is 1. The van der Waals surface area contributed by atoms with E-state index < -0.39 is 16.0 Å².